The first kappa shape index (κ1) is 20.6. The first-order valence-electron chi connectivity index (χ1n) is 8.60. The zero-order chi connectivity index (χ0) is 21.2. The number of nitrogens with zero attached hydrogens (tertiary/aromatic N) is 3. The van der Waals surface area contributed by atoms with Crippen molar-refractivity contribution in [1.82, 2.24) is 10.2 Å². The van der Waals surface area contributed by atoms with E-state index >= 15 is 0 Å². The molecular formula is C20H16Cl2N4O3. The minimum atomic E-state index is -1.44. The molecule has 0 spiro atoms. The fraction of sp³-hybridized carbons (Fsp3) is 0.200. The molecule has 1 atom stereocenters. The van der Waals surface area contributed by atoms with Crippen LogP contribution in [0.15, 0.2) is 48.5 Å². The maximum absolute atomic E-state index is 13.0. The molecule has 0 aromatic heterocycles. The lowest BCUT2D eigenvalue weighted by atomic mass is 9.92. The summed E-state index contributed by atoms with van der Waals surface area (Å²) >= 11 is 12.1. The summed E-state index contributed by atoms with van der Waals surface area (Å²) in [5.74, 6) is -1.18. The Labute approximate surface area is 177 Å². The van der Waals surface area contributed by atoms with Crippen molar-refractivity contribution in [2.24, 2.45) is 0 Å². The second-order valence-corrected chi connectivity index (χ2v) is 7.39. The van der Waals surface area contributed by atoms with Crippen molar-refractivity contribution < 1.29 is 14.4 Å². The molecule has 7 nitrogen and oxygen atoms in total. The predicted octanol–water partition coefficient (Wildman–Crippen LogP) is 3.32. The molecule has 4 amide bonds. The first-order chi connectivity index (χ1) is 13.8. The predicted molar refractivity (Wildman–Crippen MR) is 108 cm³/mol. The van der Waals surface area contributed by atoms with Crippen LogP contribution in [0.2, 0.25) is 10.0 Å². The van der Waals surface area contributed by atoms with E-state index in [1.165, 1.54) is 17.9 Å². The smallest absolute Gasteiger partial charge is 0.319 e. The summed E-state index contributed by atoms with van der Waals surface area (Å²) in [4.78, 5) is 40.4. The topological polar surface area (TPSA) is 93.5 Å². The van der Waals surface area contributed by atoms with Gasteiger partial charge in [-0.05, 0) is 31.2 Å². The van der Waals surface area contributed by atoms with Crippen LogP contribution in [0.4, 0.5) is 10.5 Å². The van der Waals surface area contributed by atoms with E-state index in [0.29, 0.717) is 16.3 Å². The Morgan fingerprint density at radius 1 is 1.21 bits per heavy atom. The molecule has 2 aromatic carbocycles. The van der Waals surface area contributed by atoms with Crippen LogP contribution in [0.5, 0.6) is 0 Å². The van der Waals surface area contributed by atoms with Gasteiger partial charge < -0.3 is 5.32 Å². The first-order valence-corrected chi connectivity index (χ1v) is 9.35. The van der Waals surface area contributed by atoms with E-state index in [4.69, 9.17) is 28.5 Å². The normalized spacial score (nSPS) is 18.3. The molecule has 1 fully saturated rings. The van der Waals surface area contributed by atoms with Crippen molar-refractivity contribution in [3.05, 3.63) is 64.1 Å². The summed E-state index contributed by atoms with van der Waals surface area (Å²) in [6, 6.07) is 14.3. The number of benzene rings is 2. The highest BCUT2D eigenvalue weighted by atomic mass is 35.5. The minimum Gasteiger partial charge on any atom is -0.319 e. The number of imide groups is 1. The van der Waals surface area contributed by atoms with Gasteiger partial charge in [0.1, 0.15) is 18.6 Å². The van der Waals surface area contributed by atoms with E-state index in [9.17, 15) is 14.4 Å². The summed E-state index contributed by atoms with van der Waals surface area (Å²) in [6.45, 7) is 0.784. The van der Waals surface area contributed by atoms with Gasteiger partial charge in [-0.3, -0.25) is 19.4 Å². The quantitative estimate of drug-likeness (QED) is 0.581. The monoisotopic (exact) mass is 430 g/mol. The Balaban J connectivity index is 1.86. The Kier molecular flexibility index (Phi) is 5.78. The van der Waals surface area contributed by atoms with Crippen LogP contribution in [0.3, 0.4) is 0 Å². The summed E-state index contributed by atoms with van der Waals surface area (Å²) in [5, 5.41) is 12.3. The van der Waals surface area contributed by atoms with Crippen LogP contribution in [0.1, 0.15) is 12.5 Å². The number of anilines is 1. The number of amides is 4. The van der Waals surface area contributed by atoms with E-state index in [2.05, 4.69) is 5.32 Å². The number of hydrogen-bond acceptors (Lipinski definition) is 4. The zero-order valence-corrected chi connectivity index (χ0v) is 16.9. The van der Waals surface area contributed by atoms with Crippen molar-refractivity contribution in [2.75, 3.05) is 18.0 Å². The molecular weight excluding hydrogens is 415 g/mol. The van der Waals surface area contributed by atoms with Gasteiger partial charge in [0.25, 0.3) is 5.91 Å². The molecule has 1 unspecified atom stereocenters. The number of carbonyl (C=O) groups excluding carboxylic acids is 3. The van der Waals surface area contributed by atoms with Gasteiger partial charge in [0.05, 0.1) is 6.07 Å². The lowest BCUT2D eigenvalue weighted by Gasteiger charge is -2.24. The van der Waals surface area contributed by atoms with Gasteiger partial charge in [0.15, 0.2) is 0 Å². The van der Waals surface area contributed by atoms with Crippen LogP contribution in [-0.2, 0) is 15.1 Å². The highest BCUT2D eigenvalue weighted by Crippen LogP contribution is 2.35. The van der Waals surface area contributed by atoms with Gasteiger partial charge in [-0.1, -0.05) is 47.5 Å². The molecule has 0 saturated carbocycles. The molecule has 3 rings (SSSR count). The largest absolute Gasteiger partial charge is 0.325 e. The molecule has 148 valence electrons. The van der Waals surface area contributed by atoms with Crippen LogP contribution in [-0.4, -0.2) is 35.8 Å². The van der Waals surface area contributed by atoms with Gasteiger partial charge in [0.2, 0.25) is 5.91 Å². The molecule has 1 aliphatic heterocycles. The average molecular weight is 431 g/mol. The number of rotatable bonds is 5. The molecule has 0 radical (unpaired) electrons. The minimum absolute atomic E-state index is 0.215. The van der Waals surface area contributed by atoms with E-state index in [1.807, 2.05) is 6.07 Å². The fourth-order valence-electron chi connectivity index (χ4n) is 3.14. The Hall–Kier alpha value is -3.08. The second-order valence-electron chi connectivity index (χ2n) is 6.54. The molecule has 0 aliphatic carbocycles. The molecule has 29 heavy (non-hydrogen) atoms. The summed E-state index contributed by atoms with van der Waals surface area (Å²) in [6.07, 6.45) is 0. The van der Waals surface area contributed by atoms with E-state index in [0.717, 1.165) is 4.90 Å². The van der Waals surface area contributed by atoms with Crippen molar-refractivity contribution >= 4 is 46.7 Å². The SMILES string of the molecule is CC1(c2ccc(Cl)cc2Cl)NC(=O)N(CC(=O)N(CC#N)c2ccccc2)C1=O. The van der Waals surface area contributed by atoms with Crippen LogP contribution >= 0.6 is 23.2 Å². The Morgan fingerprint density at radius 2 is 1.90 bits per heavy atom. The van der Waals surface area contributed by atoms with E-state index < -0.39 is 29.9 Å². The van der Waals surface area contributed by atoms with Crippen molar-refractivity contribution in [1.29, 1.82) is 5.26 Å². The summed E-state index contributed by atoms with van der Waals surface area (Å²) in [7, 11) is 0. The molecule has 9 heteroatoms. The maximum Gasteiger partial charge on any atom is 0.325 e. The molecule has 0 bridgehead atoms. The number of carbonyl (C=O) groups is 3. The van der Waals surface area contributed by atoms with Gasteiger partial charge in [-0.2, -0.15) is 5.26 Å². The number of halogens is 2. The summed E-state index contributed by atoms with van der Waals surface area (Å²) in [5.41, 5.74) is -0.574. The van der Waals surface area contributed by atoms with Gasteiger partial charge in [0, 0.05) is 21.3 Å². The van der Waals surface area contributed by atoms with Crippen molar-refractivity contribution in [3.8, 4) is 6.07 Å². The number of nitriles is 1. The summed E-state index contributed by atoms with van der Waals surface area (Å²) < 4.78 is 0. The van der Waals surface area contributed by atoms with Crippen molar-refractivity contribution in [3.63, 3.8) is 0 Å². The molecule has 1 saturated heterocycles. The number of urea groups is 1. The van der Waals surface area contributed by atoms with Gasteiger partial charge in [-0.15, -0.1) is 0 Å². The van der Waals surface area contributed by atoms with Crippen LogP contribution in [0.25, 0.3) is 0 Å². The van der Waals surface area contributed by atoms with Gasteiger partial charge in [-0.25, -0.2) is 4.79 Å². The third kappa shape index (κ3) is 3.90. The average Bonchev–Trinajstić information content (AvgIpc) is 2.90. The van der Waals surface area contributed by atoms with E-state index in [1.54, 1.807) is 42.5 Å². The molecule has 1 aliphatic rings. The van der Waals surface area contributed by atoms with E-state index in [-0.39, 0.29) is 11.6 Å². The maximum atomic E-state index is 13.0. The fourth-order valence-corrected chi connectivity index (χ4v) is 3.74. The number of nitrogens with one attached hydrogen (secondary N) is 1. The second kappa shape index (κ2) is 8.11. The lowest BCUT2D eigenvalue weighted by molar-refractivity contribution is -0.134. The number of para-hydroxylation sites is 1. The standard InChI is InChI=1S/C20H16Cl2N4O3/c1-20(15-8-7-13(21)11-16(15)22)18(28)26(19(29)24-20)12-17(27)25(10-9-23)14-5-3-2-4-6-14/h2-8,11H,10,12H2,1H3,(H,24,29). The Morgan fingerprint density at radius 3 is 2.52 bits per heavy atom. The Bertz CT molecular complexity index is 1020. The number of hydrogen-bond donors (Lipinski definition) is 1. The molecule has 1 N–H and O–H groups in total. The van der Waals surface area contributed by atoms with Crippen molar-refractivity contribution in [2.45, 2.75) is 12.5 Å². The third-order valence-electron chi connectivity index (χ3n) is 4.64. The van der Waals surface area contributed by atoms with Gasteiger partial charge >= 0.3 is 6.03 Å². The highest BCUT2D eigenvalue weighted by molar-refractivity contribution is 6.35. The van der Waals surface area contributed by atoms with Crippen LogP contribution in [0, 0.1) is 11.3 Å². The molecule has 2 aromatic rings. The lowest BCUT2D eigenvalue weighted by Crippen LogP contribution is -2.45. The third-order valence-corrected chi connectivity index (χ3v) is 5.18. The highest BCUT2D eigenvalue weighted by Gasteiger charge is 2.50. The zero-order valence-electron chi connectivity index (χ0n) is 15.4. The molecule has 1 heterocycles. The van der Waals surface area contributed by atoms with Crippen LogP contribution < -0.4 is 10.2 Å².